The van der Waals surface area contributed by atoms with Crippen LogP contribution < -0.4 is 0 Å². The Bertz CT molecular complexity index is 873. The Morgan fingerprint density at radius 3 is 0.582 bits per heavy atom. The number of rotatable bonds is 50. The van der Waals surface area contributed by atoms with Gasteiger partial charge in [0.05, 0.1) is 6.61 Å². The summed E-state index contributed by atoms with van der Waals surface area (Å²) in [6.07, 6.45) is 67.9. The first kappa shape index (κ1) is 71.4. The average molecular weight is 952 g/mol. The Morgan fingerprint density at radius 1 is 0.284 bits per heavy atom. The first-order valence-corrected chi connectivity index (χ1v) is 29.3. The Morgan fingerprint density at radius 2 is 0.448 bits per heavy atom. The van der Waals surface area contributed by atoms with E-state index in [2.05, 4.69) is 20.8 Å². The highest BCUT2D eigenvalue weighted by Crippen LogP contribution is 2.16. The average Bonchev–Trinajstić information content (AvgIpc) is 3.31. The number of aliphatic hydroxyl groups excluding tert-OH is 1. The summed E-state index contributed by atoms with van der Waals surface area (Å²) in [5.74, 6) is -1.96. The van der Waals surface area contributed by atoms with E-state index in [9.17, 15) is 14.4 Å². The lowest BCUT2D eigenvalue weighted by Crippen LogP contribution is -1.93. The summed E-state index contributed by atoms with van der Waals surface area (Å²) >= 11 is 0. The molecule has 0 aromatic carbocycles. The van der Waals surface area contributed by atoms with E-state index in [4.69, 9.17) is 20.4 Å². The van der Waals surface area contributed by atoms with Gasteiger partial charge in [0.25, 0.3) is 0 Å². The van der Waals surface area contributed by atoms with Crippen molar-refractivity contribution >= 4 is 17.9 Å². The van der Waals surface area contributed by atoms with Gasteiger partial charge in [0.15, 0.2) is 0 Å². The third-order valence-electron chi connectivity index (χ3n) is 12.5. The van der Waals surface area contributed by atoms with Gasteiger partial charge < -0.3 is 20.4 Å². The molecule has 0 radical (unpaired) electrons. The molecule has 7 nitrogen and oxygen atoms in total. The molecule has 0 aliphatic carbocycles. The minimum Gasteiger partial charge on any atom is -0.481 e. The zero-order chi connectivity index (χ0) is 50.2. The van der Waals surface area contributed by atoms with Crippen LogP contribution in [0.2, 0.25) is 0 Å². The van der Waals surface area contributed by atoms with Crippen molar-refractivity contribution in [1.29, 1.82) is 0 Å². The molecule has 0 aromatic heterocycles. The second-order valence-corrected chi connectivity index (χ2v) is 19.4. The lowest BCUT2D eigenvalue weighted by molar-refractivity contribution is -0.138. The standard InChI is InChI=1S/3C18H36O2.C6H10O/c3*1-2-3-4-5-6-7-8-9-10-11-12-13-14-15-16-17-18(19)20;1-2-3-4-5-6-7/h3*2-17H2,1H3,(H,19,20);2-5,7H,6H2,1H3. The highest BCUT2D eigenvalue weighted by molar-refractivity contribution is 5.67. The smallest absolute Gasteiger partial charge is 0.303 e. The van der Waals surface area contributed by atoms with Crippen LogP contribution in [0.4, 0.5) is 0 Å². The highest BCUT2D eigenvalue weighted by atomic mass is 16.4. The molecular weight excluding hydrogens is 833 g/mol. The third kappa shape index (κ3) is 87.4. The van der Waals surface area contributed by atoms with Crippen molar-refractivity contribution < 1.29 is 34.8 Å². The lowest BCUT2D eigenvalue weighted by Gasteiger charge is -2.03. The molecule has 0 atom stereocenters. The number of carboxylic acids is 3. The van der Waals surface area contributed by atoms with E-state index in [1.165, 1.54) is 250 Å². The van der Waals surface area contributed by atoms with Gasteiger partial charge in [-0.15, -0.1) is 0 Å². The second kappa shape index (κ2) is 70.4. The molecule has 0 aliphatic rings. The van der Waals surface area contributed by atoms with E-state index in [1.54, 1.807) is 12.2 Å². The van der Waals surface area contributed by atoms with Crippen LogP contribution in [0.3, 0.4) is 0 Å². The topological polar surface area (TPSA) is 132 Å². The van der Waals surface area contributed by atoms with E-state index in [1.807, 2.05) is 19.1 Å². The van der Waals surface area contributed by atoms with Crippen molar-refractivity contribution in [2.24, 2.45) is 0 Å². The summed E-state index contributed by atoms with van der Waals surface area (Å²) < 4.78 is 0. The number of carbonyl (C=O) groups is 3. The molecule has 0 heterocycles. The number of unbranched alkanes of at least 4 members (excludes halogenated alkanes) is 42. The first-order valence-electron chi connectivity index (χ1n) is 29.3. The maximum Gasteiger partial charge on any atom is 0.303 e. The van der Waals surface area contributed by atoms with Gasteiger partial charge in [-0.25, -0.2) is 0 Å². The molecule has 0 saturated heterocycles. The Kier molecular flexibility index (Phi) is 75.0. The molecule has 0 aromatic rings. The van der Waals surface area contributed by atoms with Crippen LogP contribution in [0.5, 0.6) is 0 Å². The van der Waals surface area contributed by atoms with Gasteiger partial charge in [0.2, 0.25) is 0 Å². The van der Waals surface area contributed by atoms with Crippen LogP contribution in [0.15, 0.2) is 24.3 Å². The number of allylic oxidation sites excluding steroid dienone is 3. The predicted molar refractivity (Wildman–Crippen MR) is 293 cm³/mol. The zero-order valence-electron chi connectivity index (χ0n) is 45.5. The molecule has 0 spiro atoms. The van der Waals surface area contributed by atoms with E-state index in [0.717, 1.165) is 38.5 Å². The van der Waals surface area contributed by atoms with E-state index in [0.29, 0.717) is 19.3 Å². The maximum atomic E-state index is 10.3. The second-order valence-electron chi connectivity index (χ2n) is 19.4. The Hall–Kier alpha value is -2.15. The number of aliphatic hydroxyl groups is 1. The monoisotopic (exact) mass is 951 g/mol. The molecule has 400 valence electrons. The zero-order valence-corrected chi connectivity index (χ0v) is 45.5. The van der Waals surface area contributed by atoms with E-state index < -0.39 is 17.9 Å². The van der Waals surface area contributed by atoms with Crippen LogP contribution in [0.1, 0.15) is 336 Å². The molecule has 0 bridgehead atoms. The summed E-state index contributed by atoms with van der Waals surface area (Å²) in [6.45, 7) is 8.87. The molecule has 0 aliphatic heterocycles. The van der Waals surface area contributed by atoms with Crippen LogP contribution in [0, 0.1) is 0 Å². The van der Waals surface area contributed by atoms with Crippen molar-refractivity contribution in [1.82, 2.24) is 0 Å². The van der Waals surface area contributed by atoms with Crippen molar-refractivity contribution in [3.63, 3.8) is 0 Å². The fraction of sp³-hybridized carbons (Fsp3) is 0.883. The lowest BCUT2D eigenvalue weighted by atomic mass is 10.0. The molecule has 4 N–H and O–H groups in total. The Balaban J connectivity index is -0.000000414. The van der Waals surface area contributed by atoms with Gasteiger partial charge in [-0.3, -0.25) is 14.4 Å². The van der Waals surface area contributed by atoms with Crippen molar-refractivity contribution in [2.75, 3.05) is 6.61 Å². The number of hydrogen-bond donors (Lipinski definition) is 4. The maximum absolute atomic E-state index is 10.3. The summed E-state index contributed by atoms with van der Waals surface area (Å²) in [7, 11) is 0. The van der Waals surface area contributed by atoms with Crippen LogP contribution in [0.25, 0.3) is 0 Å². The van der Waals surface area contributed by atoms with E-state index in [-0.39, 0.29) is 6.61 Å². The van der Waals surface area contributed by atoms with Crippen molar-refractivity contribution in [3.05, 3.63) is 24.3 Å². The van der Waals surface area contributed by atoms with Gasteiger partial charge in [-0.05, 0) is 26.2 Å². The molecule has 0 unspecified atom stereocenters. The number of aliphatic carboxylic acids is 3. The molecule has 7 heteroatoms. The fourth-order valence-electron chi connectivity index (χ4n) is 8.19. The van der Waals surface area contributed by atoms with Crippen molar-refractivity contribution in [2.45, 2.75) is 336 Å². The molecule has 0 rings (SSSR count). The molecular formula is C60H118O7. The van der Waals surface area contributed by atoms with Gasteiger partial charge in [0.1, 0.15) is 0 Å². The van der Waals surface area contributed by atoms with Gasteiger partial charge in [-0.1, -0.05) is 315 Å². The van der Waals surface area contributed by atoms with Crippen LogP contribution in [-0.2, 0) is 14.4 Å². The summed E-state index contributed by atoms with van der Waals surface area (Å²) in [6, 6.07) is 0. The number of hydrogen-bond acceptors (Lipinski definition) is 4. The van der Waals surface area contributed by atoms with Crippen molar-refractivity contribution in [3.8, 4) is 0 Å². The SMILES string of the molecule is CC=CC=CCO.CCCCCCCCCCCCCCCCCC(=O)O.CCCCCCCCCCCCCCCCCC(=O)O.CCCCCCCCCCCCCCCCCC(=O)O. The Labute approximate surface area is 418 Å². The third-order valence-corrected chi connectivity index (χ3v) is 12.5. The minimum absolute atomic E-state index is 0.129. The molecule has 0 saturated carbocycles. The normalized spacial score (nSPS) is 10.9. The summed E-state index contributed by atoms with van der Waals surface area (Å²) in [4.78, 5) is 31.0. The quantitative estimate of drug-likeness (QED) is 0.0353. The molecule has 0 amide bonds. The minimum atomic E-state index is -0.653. The number of carboxylic acid groups (broad SMARTS) is 3. The largest absolute Gasteiger partial charge is 0.481 e. The summed E-state index contributed by atoms with van der Waals surface area (Å²) in [5, 5.41) is 33.7. The van der Waals surface area contributed by atoms with Crippen LogP contribution in [-0.4, -0.2) is 44.9 Å². The predicted octanol–water partition coefficient (Wildman–Crippen LogP) is 20.1. The summed E-state index contributed by atoms with van der Waals surface area (Å²) in [5.41, 5.74) is 0. The first-order chi connectivity index (χ1) is 32.7. The fourth-order valence-corrected chi connectivity index (χ4v) is 8.19. The van der Waals surface area contributed by atoms with Crippen LogP contribution >= 0.6 is 0 Å². The molecule has 0 fully saturated rings. The van der Waals surface area contributed by atoms with Gasteiger partial charge in [-0.2, -0.15) is 0 Å². The van der Waals surface area contributed by atoms with Gasteiger partial charge >= 0.3 is 17.9 Å². The van der Waals surface area contributed by atoms with Gasteiger partial charge in [0, 0.05) is 19.3 Å². The van der Waals surface area contributed by atoms with E-state index >= 15 is 0 Å². The molecule has 67 heavy (non-hydrogen) atoms. The highest BCUT2D eigenvalue weighted by Gasteiger charge is 2.00.